The predicted molar refractivity (Wildman–Crippen MR) is 87.8 cm³/mol. The third kappa shape index (κ3) is 3.24. The van der Waals surface area contributed by atoms with Gasteiger partial charge < -0.3 is 9.47 Å². The molecule has 24 heavy (non-hydrogen) atoms. The molecular weight excluding hydrogens is 306 g/mol. The van der Waals surface area contributed by atoms with Crippen LogP contribution in [0.15, 0.2) is 24.3 Å². The van der Waals surface area contributed by atoms with Crippen LogP contribution < -0.4 is 0 Å². The van der Waals surface area contributed by atoms with E-state index in [1.807, 2.05) is 35.8 Å². The Morgan fingerprint density at radius 2 is 2.12 bits per heavy atom. The van der Waals surface area contributed by atoms with E-state index in [0.717, 1.165) is 11.4 Å². The van der Waals surface area contributed by atoms with Crippen LogP contribution >= 0.6 is 0 Å². The number of benzene rings is 1. The number of carbonyl (C=O) groups excluding carboxylic acids is 1. The zero-order valence-electron chi connectivity index (χ0n) is 14.0. The zero-order valence-corrected chi connectivity index (χ0v) is 14.0. The maximum absolute atomic E-state index is 12.1. The highest BCUT2D eigenvalue weighted by molar-refractivity contribution is 5.73. The van der Waals surface area contributed by atoms with Gasteiger partial charge >= 0.3 is 6.03 Å². The molecule has 0 saturated heterocycles. The molecule has 0 N–H and O–H groups in total. The van der Waals surface area contributed by atoms with Crippen molar-refractivity contribution in [2.24, 2.45) is 0 Å². The molecule has 0 atom stereocenters. The largest absolute Gasteiger partial charge is 0.344 e. The number of urea groups is 1. The molecule has 2 aromatic rings. The Bertz CT molecular complexity index is 818. The first-order chi connectivity index (χ1) is 11.6. The number of amides is 2. The van der Waals surface area contributed by atoms with E-state index < -0.39 is 0 Å². The summed E-state index contributed by atoms with van der Waals surface area (Å²) in [5.41, 5.74) is 2.11. The first kappa shape index (κ1) is 16.0. The number of hydroxylamine groups is 2. The van der Waals surface area contributed by atoms with E-state index in [0.29, 0.717) is 25.5 Å². The van der Waals surface area contributed by atoms with Gasteiger partial charge in [0.2, 0.25) is 5.82 Å². The van der Waals surface area contributed by atoms with Crippen molar-refractivity contribution in [3.63, 3.8) is 0 Å². The molecule has 0 bridgehead atoms. The van der Waals surface area contributed by atoms with Crippen LogP contribution in [0, 0.1) is 18.8 Å². The van der Waals surface area contributed by atoms with Crippen LogP contribution in [0.2, 0.25) is 0 Å². The predicted octanol–water partition coefficient (Wildman–Crippen LogP) is 1.42. The molecule has 1 aromatic carbocycles. The second-order valence-electron chi connectivity index (χ2n) is 5.60. The van der Waals surface area contributed by atoms with Gasteiger partial charge in [0, 0.05) is 25.7 Å². The van der Waals surface area contributed by atoms with Crippen molar-refractivity contribution in [2.45, 2.75) is 20.0 Å². The highest BCUT2D eigenvalue weighted by Crippen LogP contribution is 2.13. The Morgan fingerprint density at radius 1 is 1.29 bits per heavy atom. The Balaban J connectivity index is 1.78. The molecule has 124 valence electrons. The molecule has 1 aromatic heterocycles. The summed E-state index contributed by atoms with van der Waals surface area (Å²) in [4.78, 5) is 18.7. The molecule has 0 unspecified atom stereocenters. The fourth-order valence-corrected chi connectivity index (χ4v) is 2.54. The third-order valence-electron chi connectivity index (χ3n) is 3.90. The van der Waals surface area contributed by atoms with E-state index in [2.05, 4.69) is 22.0 Å². The van der Waals surface area contributed by atoms with Gasteiger partial charge in [-0.2, -0.15) is 0 Å². The van der Waals surface area contributed by atoms with Gasteiger partial charge in [-0.3, -0.25) is 4.84 Å². The Morgan fingerprint density at radius 3 is 2.88 bits per heavy atom. The molecule has 0 aliphatic carbocycles. The number of carbonyl (C=O) groups is 1. The summed E-state index contributed by atoms with van der Waals surface area (Å²) in [7, 11) is 3.05. The summed E-state index contributed by atoms with van der Waals surface area (Å²) >= 11 is 0. The van der Waals surface area contributed by atoms with Crippen molar-refractivity contribution in [1.29, 1.82) is 0 Å². The first-order valence-corrected chi connectivity index (χ1v) is 7.66. The summed E-state index contributed by atoms with van der Waals surface area (Å²) in [5, 5.41) is 9.51. The molecule has 7 nitrogen and oxygen atoms in total. The minimum Gasteiger partial charge on any atom is -0.314 e. The van der Waals surface area contributed by atoms with Crippen LogP contribution in [0.5, 0.6) is 0 Å². The minimum atomic E-state index is -0.195. The summed E-state index contributed by atoms with van der Waals surface area (Å²) in [6.45, 7) is 3.61. The van der Waals surface area contributed by atoms with Crippen molar-refractivity contribution in [1.82, 2.24) is 24.7 Å². The number of hydrogen-bond acceptors (Lipinski definition) is 4. The summed E-state index contributed by atoms with van der Waals surface area (Å²) in [6, 6.07) is 7.82. The van der Waals surface area contributed by atoms with E-state index >= 15 is 0 Å². The van der Waals surface area contributed by atoms with Crippen molar-refractivity contribution in [3.8, 4) is 11.8 Å². The maximum atomic E-state index is 12.1. The summed E-state index contributed by atoms with van der Waals surface area (Å²) < 4.78 is 1.96. The second kappa shape index (κ2) is 6.72. The minimum absolute atomic E-state index is 0.195. The molecule has 2 amide bonds. The molecule has 1 aliphatic heterocycles. The molecule has 0 spiro atoms. The molecule has 3 rings (SSSR count). The van der Waals surface area contributed by atoms with Crippen molar-refractivity contribution in [3.05, 3.63) is 47.0 Å². The monoisotopic (exact) mass is 325 g/mol. The molecule has 0 fully saturated rings. The Labute approximate surface area is 140 Å². The number of aromatic nitrogens is 3. The molecule has 2 heterocycles. The van der Waals surface area contributed by atoms with Gasteiger partial charge in [-0.15, -0.1) is 10.2 Å². The normalized spacial score (nSPS) is 13.0. The summed E-state index contributed by atoms with van der Waals surface area (Å²) in [6.07, 6.45) is 0. The van der Waals surface area contributed by atoms with Crippen LogP contribution in [-0.2, 0) is 17.9 Å². The lowest BCUT2D eigenvalue weighted by atomic mass is 10.1. The number of aryl methyl sites for hydroxylation is 1. The van der Waals surface area contributed by atoms with E-state index in [9.17, 15) is 4.79 Å². The number of nitrogens with zero attached hydrogens (tertiary/aromatic N) is 5. The number of fused-ring (bicyclic) bond motifs is 1. The van der Waals surface area contributed by atoms with Gasteiger partial charge in [-0.25, -0.2) is 9.86 Å². The van der Waals surface area contributed by atoms with Crippen LogP contribution in [0.4, 0.5) is 4.79 Å². The third-order valence-corrected chi connectivity index (χ3v) is 3.90. The molecule has 0 saturated carbocycles. The molecular formula is C17H19N5O2. The van der Waals surface area contributed by atoms with Gasteiger partial charge in [0.1, 0.15) is 0 Å². The van der Waals surface area contributed by atoms with E-state index in [-0.39, 0.29) is 6.03 Å². The summed E-state index contributed by atoms with van der Waals surface area (Å²) in [5.74, 6) is 7.55. The van der Waals surface area contributed by atoms with Crippen molar-refractivity contribution >= 4 is 6.03 Å². The SMILES string of the molecule is CON(C)C(=O)N1CCn2c(C#Cc3cccc(C)c3)nnc2C1. The fraction of sp³-hybridized carbons (Fsp3) is 0.353. The van der Waals surface area contributed by atoms with Gasteiger partial charge in [-0.1, -0.05) is 18.1 Å². The molecule has 0 radical (unpaired) electrons. The van der Waals surface area contributed by atoms with Crippen LogP contribution in [0.3, 0.4) is 0 Å². The van der Waals surface area contributed by atoms with Crippen LogP contribution in [0.1, 0.15) is 22.8 Å². The van der Waals surface area contributed by atoms with Gasteiger partial charge in [0.05, 0.1) is 13.7 Å². The Kier molecular flexibility index (Phi) is 4.49. The van der Waals surface area contributed by atoms with Crippen LogP contribution in [-0.4, -0.2) is 51.5 Å². The standard InChI is InChI=1S/C17H19N5O2/c1-13-5-4-6-14(11-13)7-8-15-18-19-16-12-21(9-10-22(15)16)17(23)20(2)24-3/h4-6,11H,9-10,12H2,1-3H3. The maximum Gasteiger partial charge on any atom is 0.344 e. The zero-order chi connectivity index (χ0) is 17.1. The second-order valence-corrected chi connectivity index (χ2v) is 5.60. The van der Waals surface area contributed by atoms with Crippen molar-refractivity contribution < 1.29 is 9.63 Å². The lowest BCUT2D eigenvalue weighted by Crippen LogP contribution is -2.44. The Hall–Kier alpha value is -2.85. The molecule has 7 heteroatoms. The average molecular weight is 325 g/mol. The number of rotatable bonds is 1. The first-order valence-electron chi connectivity index (χ1n) is 7.66. The quantitative estimate of drug-likeness (QED) is 0.587. The highest BCUT2D eigenvalue weighted by atomic mass is 16.7. The number of hydrogen-bond donors (Lipinski definition) is 0. The van der Waals surface area contributed by atoms with E-state index in [1.165, 1.54) is 17.7 Å². The lowest BCUT2D eigenvalue weighted by molar-refractivity contribution is -0.0777. The van der Waals surface area contributed by atoms with Crippen LogP contribution in [0.25, 0.3) is 0 Å². The van der Waals surface area contributed by atoms with Gasteiger partial charge in [0.25, 0.3) is 0 Å². The fourth-order valence-electron chi connectivity index (χ4n) is 2.54. The topological polar surface area (TPSA) is 63.5 Å². The molecule has 1 aliphatic rings. The average Bonchev–Trinajstić information content (AvgIpc) is 3.01. The lowest BCUT2D eigenvalue weighted by Gasteiger charge is -2.30. The van der Waals surface area contributed by atoms with Gasteiger partial charge in [0.15, 0.2) is 5.82 Å². The highest BCUT2D eigenvalue weighted by Gasteiger charge is 2.26. The van der Waals surface area contributed by atoms with Crippen molar-refractivity contribution in [2.75, 3.05) is 20.7 Å². The van der Waals surface area contributed by atoms with Gasteiger partial charge in [-0.05, 0) is 30.5 Å². The van der Waals surface area contributed by atoms with E-state index in [4.69, 9.17) is 4.84 Å². The van der Waals surface area contributed by atoms with E-state index in [1.54, 1.807) is 11.9 Å². The smallest absolute Gasteiger partial charge is 0.314 e.